The van der Waals surface area contributed by atoms with Crippen molar-refractivity contribution in [2.24, 2.45) is 0 Å². The normalized spacial score (nSPS) is 15.3. The van der Waals surface area contributed by atoms with Crippen LogP contribution >= 0.6 is 7.60 Å². The third-order valence-electron chi connectivity index (χ3n) is 5.39. The van der Waals surface area contributed by atoms with Crippen molar-refractivity contribution in [1.82, 2.24) is 9.88 Å². The van der Waals surface area contributed by atoms with Crippen molar-refractivity contribution >= 4 is 30.1 Å². The van der Waals surface area contributed by atoms with Gasteiger partial charge in [0.2, 0.25) is 5.43 Å². The minimum absolute atomic E-state index is 0.0644. The number of nitrogens with one attached hydrogen (secondary N) is 2. The van der Waals surface area contributed by atoms with Crippen LogP contribution in [0.2, 0.25) is 0 Å². The zero-order valence-corrected chi connectivity index (χ0v) is 17.7. The summed E-state index contributed by atoms with van der Waals surface area (Å²) in [5.41, 5.74) is -0.0525. The van der Waals surface area contributed by atoms with Crippen LogP contribution in [0.25, 0.3) is 10.9 Å². The number of aromatic nitrogens is 1. The molecule has 3 rings (SSSR count). The number of aryl methyl sites for hydroxylation is 1. The highest BCUT2D eigenvalue weighted by atomic mass is 31.2. The standard InChI is InChI=1S/C20H27FN3O5P/c1-2-24-12-15(20(26)22-8-9-30(27,28)29)19(25)14-10-16(21)17(11-18(14)24)23-13-6-4-3-5-7-13/h10-13,23H,2-9H2,1H3,(H,22,26)(H2,27,28,29)/p-2. The van der Waals surface area contributed by atoms with Crippen molar-refractivity contribution < 1.29 is 23.5 Å². The molecule has 0 saturated heterocycles. The maximum Gasteiger partial charge on any atom is 0.256 e. The minimum atomic E-state index is -4.76. The summed E-state index contributed by atoms with van der Waals surface area (Å²) in [5.74, 6) is -1.37. The molecule has 1 heterocycles. The van der Waals surface area contributed by atoms with E-state index in [1.165, 1.54) is 12.6 Å². The first kappa shape index (κ1) is 22.5. The maximum atomic E-state index is 14.7. The van der Waals surface area contributed by atoms with E-state index >= 15 is 0 Å². The highest BCUT2D eigenvalue weighted by Gasteiger charge is 2.19. The summed E-state index contributed by atoms with van der Waals surface area (Å²) >= 11 is 0. The Morgan fingerprint density at radius 2 is 1.97 bits per heavy atom. The monoisotopic (exact) mass is 437 g/mol. The van der Waals surface area contributed by atoms with Crippen LogP contribution in [0.15, 0.2) is 23.1 Å². The Labute approximate surface area is 173 Å². The number of pyridine rings is 1. The molecule has 0 unspecified atom stereocenters. The molecule has 0 aliphatic heterocycles. The van der Waals surface area contributed by atoms with Gasteiger partial charge >= 0.3 is 0 Å². The van der Waals surface area contributed by atoms with Gasteiger partial charge in [0.05, 0.1) is 11.2 Å². The lowest BCUT2D eigenvalue weighted by Gasteiger charge is -2.29. The van der Waals surface area contributed by atoms with E-state index in [0.29, 0.717) is 17.7 Å². The van der Waals surface area contributed by atoms with Crippen molar-refractivity contribution in [1.29, 1.82) is 0 Å². The van der Waals surface area contributed by atoms with E-state index < -0.39 is 37.5 Å². The molecule has 2 N–H and O–H groups in total. The SMILES string of the molecule is CCn1cc(C(=O)NCCP(=O)([O-])[O-])c(=O)c2cc(F)c(NC3CCCCC3)cc21. The summed E-state index contributed by atoms with van der Waals surface area (Å²) in [6.45, 7) is 1.86. The number of anilines is 1. The van der Waals surface area contributed by atoms with Crippen LogP contribution in [-0.2, 0) is 11.1 Å². The van der Waals surface area contributed by atoms with E-state index in [4.69, 9.17) is 0 Å². The predicted octanol–water partition coefficient (Wildman–Crippen LogP) is 1.55. The van der Waals surface area contributed by atoms with Gasteiger partial charge in [0.25, 0.3) is 5.91 Å². The van der Waals surface area contributed by atoms with Gasteiger partial charge in [0.1, 0.15) is 11.4 Å². The lowest BCUT2D eigenvalue weighted by atomic mass is 9.95. The molecule has 1 amide bonds. The highest BCUT2D eigenvalue weighted by Crippen LogP contribution is 2.26. The van der Waals surface area contributed by atoms with Crippen molar-refractivity contribution in [3.8, 4) is 0 Å². The number of benzene rings is 1. The number of halogens is 1. The van der Waals surface area contributed by atoms with Gasteiger partial charge in [-0.25, -0.2) is 4.39 Å². The van der Waals surface area contributed by atoms with E-state index in [2.05, 4.69) is 10.6 Å². The third-order valence-corrected chi connectivity index (χ3v) is 6.16. The van der Waals surface area contributed by atoms with Gasteiger partial charge < -0.3 is 29.6 Å². The molecule has 0 atom stereocenters. The Morgan fingerprint density at radius 1 is 1.27 bits per heavy atom. The molecule has 1 aliphatic rings. The zero-order chi connectivity index (χ0) is 21.9. The molecule has 1 saturated carbocycles. The van der Waals surface area contributed by atoms with Gasteiger partial charge in [-0.2, -0.15) is 0 Å². The Balaban J connectivity index is 1.93. The number of nitrogens with zero attached hydrogens (tertiary/aromatic N) is 1. The van der Waals surface area contributed by atoms with Gasteiger partial charge in [0.15, 0.2) is 0 Å². The third kappa shape index (κ3) is 5.28. The van der Waals surface area contributed by atoms with Gasteiger partial charge in [-0.05, 0) is 38.1 Å². The van der Waals surface area contributed by atoms with Crippen molar-refractivity contribution in [3.05, 3.63) is 39.9 Å². The highest BCUT2D eigenvalue weighted by molar-refractivity contribution is 7.48. The quantitative estimate of drug-likeness (QED) is 0.633. The molecular formula is C20H25FN3O5P-2. The Bertz CT molecular complexity index is 1040. The molecule has 0 bridgehead atoms. The fourth-order valence-electron chi connectivity index (χ4n) is 3.81. The number of hydrogen-bond donors (Lipinski definition) is 2. The average molecular weight is 437 g/mol. The molecule has 1 aromatic carbocycles. The van der Waals surface area contributed by atoms with Crippen LogP contribution in [-0.4, -0.2) is 29.2 Å². The van der Waals surface area contributed by atoms with Gasteiger partial charge in [-0.15, -0.1) is 0 Å². The molecule has 10 heteroatoms. The number of carbonyl (C=O) groups excluding carboxylic acids is 1. The first-order valence-corrected chi connectivity index (χ1v) is 11.8. The van der Waals surface area contributed by atoms with E-state index in [1.807, 2.05) is 6.92 Å². The zero-order valence-electron chi connectivity index (χ0n) is 16.8. The van der Waals surface area contributed by atoms with Crippen molar-refractivity contribution in [2.45, 2.75) is 51.6 Å². The first-order chi connectivity index (χ1) is 14.2. The van der Waals surface area contributed by atoms with Crippen LogP contribution in [0.1, 0.15) is 49.4 Å². The second-order valence-corrected chi connectivity index (χ2v) is 9.25. The molecule has 1 fully saturated rings. The molecule has 30 heavy (non-hydrogen) atoms. The summed E-state index contributed by atoms with van der Waals surface area (Å²) < 4.78 is 27.1. The summed E-state index contributed by atoms with van der Waals surface area (Å²) in [7, 11) is -4.76. The lowest BCUT2D eigenvalue weighted by Crippen LogP contribution is -2.33. The van der Waals surface area contributed by atoms with Crippen LogP contribution in [0.4, 0.5) is 10.1 Å². The topological polar surface area (TPSA) is 126 Å². The van der Waals surface area contributed by atoms with Crippen LogP contribution in [0.3, 0.4) is 0 Å². The van der Waals surface area contributed by atoms with E-state index in [9.17, 15) is 28.3 Å². The Hall–Kier alpha value is -2.22. The van der Waals surface area contributed by atoms with Gasteiger partial charge in [-0.3, -0.25) is 9.59 Å². The fourth-order valence-corrected chi connectivity index (χ4v) is 4.20. The number of fused-ring (bicyclic) bond motifs is 1. The summed E-state index contributed by atoms with van der Waals surface area (Å²) in [4.78, 5) is 46.6. The average Bonchev–Trinajstić information content (AvgIpc) is 2.69. The number of amides is 1. The summed E-state index contributed by atoms with van der Waals surface area (Å²) in [6, 6.07) is 2.92. The van der Waals surface area contributed by atoms with E-state index in [0.717, 1.165) is 31.7 Å². The van der Waals surface area contributed by atoms with Crippen LogP contribution < -0.4 is 25.8 Å². The molecule has 2 aromatic rings. The molecular weight excluding hydrogens is 412 g/mol. The molecule has 1 aliphatic carbocycles. The first-order valence-electron chi connectivity index (χ1n) is 10.1. The molecule has 164 valence electrons. The fraction of sp³-hybridized carbons (Fsp3) is 0.500. The summed E-state index contributed by atoms with van der Waals surface area (Å²) in [6.07, 6.45) is 5.93. The second-order valence-electron chi connectivity index (χ2n) is 7.58. The van der Waals surface area contributed by atoms with Gasteiger partial charge in [0, 0.05) is 30.7 Å². The number of hydrogen-bond acceptors (Lipinski definition) is 6. The number of carbonyl (C=O) groups is 1. The maximum absolute atomic E-state index is 14.7. The van der Waals surface area contributed by atoms with Crippen LogP contribution in [0, 0.1) is 5.82 Å². The minimum Gasteiger partial charge on any atom is -0.811 e. The molecule has 8 nitrogen and oxygen atoms in total. The lowest BCUT2D eigenvalue weighted by molar-refractivity contribution is -0.313. The smallest absolute Gasteiger partial charge is 0.256 e. The van der Waals surface area contributed by atoms with E-state index in [-0.39, 0.29) is 17.0 Å². The predicted molar refractivity (Wildman–Crippen MR) is 109 cm³/mol. The molecule has 0 radical (unpaired) electrons. The van der Waals surface area contributed by atoms with Gasteiger partial charge in [-0.1, -0.05) is 26.9 Å². The van der Waals surface area contributed by atoms with E-state index in [1.54, 1.807) is 10.6 Å². The van der Waals surface area contributed by atoms with Crippen LogP contribution in [0.5, 0.6) is 0 Å². The largest absolute Gasteiger partial charge is 0.811 e. The summed E-state index contributed by atoms with van der Waals surface area (Å²) in [5, 5.41) is 5.56. The Morgan fingerprint density at radius 3 is 2.60 bits per heavy atom. The Kier molecular flexibility index (Phi) is 6.95. The van der Waals surface area contributed by atoms with Crippen molar-refractivity contribution in [2.75, 3.05) is 18.0 Å². The van der Waals surface area contributed by atoms with Crippen molar-refractivity contribution in [3.63, 3.8) is 0 Å². The number of rotatable bonds is 7. The second kappa shape index (κ2) is 9.29. The molecule has 1 aromatic heterocycles. The molecule has 0 spiro atoms.